The standard InChI is InChI=1S/C18H13BrN4O4S2/c1-2-29(25,26)18-22-23-15(20)13(16(24)21-17(23)28-18)9-12-7-8-14(27-12)10-3-5-11(19)6-4-10/h3-9,20H,2H2,1H3/b13-9-,20-15?. The molecular weight excluding hydrogens is 480 g/mol. The lowest BCUT2D eigenvalue weighted by atomic mass is 10.1. The minimum absolute atomic E-state index is 0.0371. The van der Waals surface area contributed by atoms with Crippen molar-refractivity contribution in [3.8, 4) is 11.3 Å². The first-order valence-corrected chi connectivity index (χ1v) is 11.6. The van der Waals surface area contributed by atoms with Crippen molar-refractivity contribution in [2.24, 2.45) is 10.1 Å². The molecule has 1 aromatic carbocycles. The number of hydrogen-bond donors (Lipinski definition) is 1. The Hall–Kier alpha value is -2.50. The third kappa shape index (κ3) is 3.72. The molecule has 0 saturated carbocycles. The van der Waals surface area contributed by atoms with Gasteiger partial charge in [0.15, 0.2) is 5.84 Å². The monoisotopic (exact) mass is 492 g/mol. The van der Waals surface area contributed by atoms with Crippen LogP contribution in [-0.2, 0) is 14.6 Å². The molecule has 148 valence electrons. The quantitative estimate of drug-likeness (QED) is 0.652. The summed E-state index contributed by atoms with van der Waals surface area (Å²) in [7, 11) is -3.56. The normalized spacial score (nSPS) is 18.1. The van der Waals surface area contributed by atoms with Crippen LogP contribution in [0.4, 0.5) is 0 Å². The lowest BCUT2D eigenvalue weighted by Gasteiger charge is -2.19. The Kier molecular flexibility index (Phi) is 5.05. The molecule has 1 amide bonds. The molecule has 0 bridgehead atoms. The number of nitrogens with one attached hydrogen (secondary N) is 1. The number of furan rings is 1. The van der Waals surface area contributed by atoms with Gasteiger partial charge < -0.3 is 4.42 Å². The number of amidine groups is 2. The van der Waals surface area contributed by atoms with E-state index in [-0.39, 0.29) is 26.7 Å². The van der Waals surface area contributed by atoms with Crippen molar-refractivity contribution in [1.82, 2.24) is 5.01 Å². The lowest BCUT2D eigenvalue weighted by molar-refractivity contribution is -0.114. The van der Waals surface area contributed by atoms with E-state index < -0.39 is 15.7 Å². The van der Waals surface area contributed by atoms with Gasteiger partial charge >= 0.3 is 0 Å². The van der Waals surface area contributed by atoms with Crippen LogP contribution in [0.25, 0.3) is 17.4 Å². The molecule has 1 aromatic heterocycles. The molecule has 0 atom stereocenters. The average molecular weight is 493 g/mol. The summed E-state index contributed by atoms with van der Waals surface area (Å²) in [6.45, 7) is 1.50. The number of carbonyl (C=O) groups is 1. The second-order valence-electron chi connectivity index (χ2n) is 6.00. The molecule has 1 N–H and O–H groups in total. The van der Waals surface area contributed by atoms with E-state index in [0.29, 0.717) is 11.5 Å². The lowest BCUT2D eigenvalue weighted by Crippen LogP contribution is -2.35. The Morgan fingerprint density at radius 2 is 1.97 bits per heavy atom. The van der Waals surface area contributed by atoms with Crippen LogP contribution in [0.15, 0.2) is 61.0 Å². The maximum absolute atomic E-state index is 12.4. The number of aliphatic imine (C=N–C) groups is 1. The van der Waals surface area contributed by atoms with Crippen molar-refractivity contribution in [2.45, 2.75) is 6.92 Å². The van der Waals surface area contributed by atoms with E-state index in [9.17, 15) is 13.2 Å². The summed E-state index contributed by atoms with van der Waals surface area (Å²) in [5.74, 6) is -0.0628. The molecule has 0 fully saturated rings. The van der Waals surface area contributed by atoms with E-state index in [2.05, 4.69) is 26.0 Å². The number of fused-ring (bicyclic) bond motifs is 1. The highest BCUT2D eigenvalue weighted by Gasteiger charge is 2.39. The molecule has 0 aliphatic carbocycles. The van der Waals surface area contributed by atoms with E-state index >= 15 is 0 Å². The molecule has 2 aromatic rings. The third-order valence-corrected chi connectivity index (χ3v) is 7.74. The van der Waals surface area contributed by atoms with Gasteiger partial charge in [0.25, 0.3) is 5.91 Å². The van der Waals surface area contributed by atoms with E-state index in [1.54, 1.807) is 12.1 Å². The maximum atomic E-state index is 12.4. The maximum Gasteiger partial charge on any atom is 0.283 e. The van der Waals surface area contributed by atoms with Gasteiger partial charge in [0, 0.05) is 10.0 Å². The van der Waals surface area contributed by atoms with Gasteiger partial charge in [-0.3, -0.25) is 10.2 Å². The summed E-state index contributed by atoms with van der Waals surface area (Å²) in [5, 5.41) is 13.4. The van der Waals surface area contributed by atoms with Crippen LogP contribution in [0.1, 0.15) is 12.7 Å². The number of sulfone groups is 1. The number of nitrogens with zero attached hydrogens (tertiary/aromatic N) is 3. The van der Waals surface area contributed by atoms with Crippen molar-refractivity contribution in [2.75, 3.05) is 5.75 Å². The van der Waals surface area contributed by atoms with Gasteiger partial charge in [-0.2, -0.15) is 10.0 Å². The number of hydrogen-bond acceptors (Lipinski definition) is 7. The summed E-state index contributed by atoms with van der Waals surface area (Å²) in [5.41, 5.74) is 0.822. The van der Waals surface area contributed by atoms with Gasteiger partial charge in [-0.15, -0.1) is 5.10 Å². The molecule has 0 spiro atoms. The van der Waals surface area contributed by atoms with Crippen molar-refractivity contribution >= 4 is 64.9 Å². The summed E-state index contributed by atoms with van der Waals surface area (Å²) in [4.78, 5) is 16.3. The Bertz CT molecular complexity index is 1230. The number of hydrazone groups is 1. The fourth-order valence-corrected chi connectivity index (χ4v) is 4.99. The highest BCUT2D eigenvalue weighted by molar-refractivity contribution is 9.10. The zero-order valence-electron chi connectivity index (χ0n) is 14.9. The molecule has 11 heteroatoms. The van der Waals surface area contributed by atoms with E-state index in [1.165, 1.54) is 13.0 Å². The molecule has 29 heavy (non-hydrogen) atoms. The zero-order valence-corrected chi connectivity index (χ0v) is 18.1. The van der Waals surface area contributed by atoms with Crippen molar-refractivity contribution < 1.29 is 17.6 Å². The largest absolute Gasteiger partial charge is 0.457 e. The number of halogens is 1. The smallest absolute Gasteiger partial charge is 0.283 e. The Labute approximate surface area is 178 Å². The second-order valence-corrected chi connectivity index (χ2v) is 10.3. The summed E-state index contributed by atoms with van der Waals surface area (Å²) in [6, 6.07) is 11.0. The van der Waals surface area contributed by atoms with E-state index in [0.717, 1.165) is 26.8 Å². The van der Waals surface area contributed by atoms with E-state index in [1.807, 2.05) is 24.3 Å². The number of rotatable bonds is 3. The fraction of sp³-hybridized carbons (Fsp3) is 0.111. The van der Waals surface area contributed by atoms with Crippen LogP contribution in [-0.4, -0.2) is 40.5 Å². The Morgan fingerprint density at radius 1 is 1.24 bits per heavy atom. The zero-order chi connectivity index (χ0) is 20.8. The summed E-state index contributed by atoms with van der Waals surface area (Å²) in [6.07, 6.45) is 1.40. The van der Waals surface area contributed by atoms with Gasteiger partial charge in [-0.25, -0.2) is 8.42 Å². The second kappa shape index (κ2) is 7.39. The Balaban J connectivity index is 1.65. The number of benzene rings is 1. The minimum atomic E-state index is -3.56. The molecule has 0 unspecified atom stereocenters. The van der Waals surface area contributed by atoms with Crippen molar-refractivity contribution in [3.05, 3.63) is 52.2 Å². The predicted octanol–water partition coefficient (Wildman–Crippen LogP) is 3.72. The van der Waals surface area contributed by atoms with Crippen molar-refractivity contribution in [1.29, 1.82) is 5.41 Å². The highest BCUT2D eigenvalue weighted by Crippen LogP contribution is 2.31. The summed E-state index contributed by atoms with van der Waals surface area (Å²) >= 11 is 4.14. The van der Waals surface area contributed by atoms with Crippen LogP contribution in [0.2, 0.25) is 0 Å². The first kappa shape index (κ1) is 19.8. The van der Waals surface area contributed by atoms with Gasteiger partial charge in [0.05, 0.1) is 11.3 Å². The predicted molar refractivity (Wildman–Crippen MR) is 116 cm³/mol. The number of amides is 1. The molecule has 0 saturated heterocycles. The van der Waals surface area contributed by atoms with Crippen LogP contribution >= 0.6 is 27.7 Å². The summed E-state index contributed by atoms with van der Waals surface area (Å²) < 4.78 is 30.6. The molecule has 3 heterocycles. The van der Waals surface area contributed by atoms with E-state index in [4.69, 9.17) is 9.83 Å². The van der Waals surface area contributed by atoms with Crippen LogP contribution in [0.3, 0.4) is 0 Å². The highest BCUT2D eigenvalue weighted by atomic mass is 79.9. The van der Waals surface area contributed by atoms with Crippen LogP contribution < -0.4 is 0 Å². The van der Waals surface area contributed by atoms with Crippen LogP contribution in [0.5, 0.6) is 0 Å². The first-order valence-electron chi connectivity index (χ1n) is 8.37. The molecule has 2 aliphatic rings. The number of thioether (sulfide) groups is 1. The molecule has 0 radical (unpaired) electrons. The number of carbonyl (C=O) groups excluding carboxylic acids is 1. The first-order chi connectivity index (χ1) is 13.8. The van der Waals surface area contributed by atoms with Gasteiger partial charge in [-0.05, 0) is 42.1 Å². The van der Waals surface area contributed by atoms with Gasteiger partial charge in [0.2, 0.25) is 19.4 Å². The molecular formula is C18H13BrN4O4S2. The fourth-order valence-electron chi connectivity index (χ4n) is 2.57. The SMILES string of the molecule is CCS(=O)(=O)C1=NN2C(=N)/C(=C/c3ccc(-c4ccc(Br)cc4)o3)C(=O)N=C2S1. The van der Waals surface area contributed by atoms with Crippen LogP contribution in [0, 0.1) is 5.41 Å². The third-order valence-electron chi connectivity index (χ3n) is 4.12. The van der Waals surface area contributed by atoms with Gasteiger partial charge in [-0.1, -0.05) is 35.0 Å². The van der Waals surface area contributed by atoms with Crippen molar-refractivity contribution in [3.63, 3.8) is 0 Å². The molecule has 4 rings (SSSR count). The average Bonchev–Trinajstić information content (AvgIpc) is 3.33. The topological polar surface area (TPSA) is 116 Å². The van der Waals surface area contributed by atoms with Gasteiger partial charge in [0.1, 0.15) is 11.5 Å². The molecule has 2 aliphatic heterocycles. The Morgan fingerprint density at radius 3 is 2.66 bits per heavy atom. The molecule has 8 nitrogen and oxygen atoms in total. The minimum Gasteiger partial charge on any atom is -0.457 e.